The number of benzene rings is 2. The number of hydrogen-bond donors (Lipinski definition) is 1. The molecule has 2 aromatic heterocycles. The zero-order valence-corrected chi connectivity index (χ0v) is 17.5. The van der Waals surface area contributed by atoms with Crippen LogP contribution in [0.4, 0.5) is 5.00 Å². The molecule has 0 atom stereocenters. The first-order valence-electron chi connectivity index (χ1n) is 9.78. The van der Waals surface area contributed by atoms with Crippen molar-refractivity contribution in [2.75, 3.05) is 11.9 Å². The quantitative estimate of drug-likeness (QED) is 0.380. The Morgan fingerprint density at radius 1 is 1.07 bits per heavy atom. The van der Waals surface area contributed by atoms with Gasteiger partial charge in [0.25, 0.3) is 5.91 Å². The minimum absolute atomic E-state index is 0.188. The smallest absolute Gasteiger partial charge is 0.341 e. The van der Waals surface area contributed by atoms with Crippen LogP contribution < -0.4 is 5.32 Å². The second-order valence-corrected chi connectivity index (χ2v) is 7.61. The highest BCUT2D eigenvalue weighted by Gasteiger charge is 2.24. The highest BCUT2D eigenvalue weighted by molar-refractivity contribution is 7.15. The van der Waals surface area contributed by atoms with Gasteiger partial charge in [0.2, 0.25) is 0 Å². The number of carbonyl (C=O) groups is 2. The first-order chi connectivity index (χ1) is 14.6. The molecular weight excluding hydrogens is 398 g/mol. The minimum Gasteiger partial charge on any atom is -0.462 e. The third kappa shape index (κ3) is 3.86. The van der Waals surface area contributed by atoms with E-state index < -0.39 is 11.9 Å². The van der Waals surface area contributed by atoms with E-state index >= 15 is 0 Å². The van der Waals surface area contributed by atoms with Gasteiger partial charge in [0.05, 0.1) is 6.61 Å². The number of thiophene rings is 1. The van der Waals surface area contributed by atoms with Gasteiger partial charge in [0, 0.05) is 16.3 Å². The van der Waals surface area contributed by atoms with Crippen molar-refractivity contribution < 1.29 is 18.7 Å². The Bertz CT molecular complexity index is 1170. The van der Waals surface area contributed by atoms with Gasteiger partial charge in [-0.1, -0.05) is 49.4 Å². The lowest BCUT2D eigenvalue weighted by molar-refractivity contribution is 0.0529. The van der Waals surface area contributed by atoms with E-state index in [0.717, 1.165) is 22.9 Å². The van der Waals surface area contributed by atoms with Gasteiger partial charge in [0.15, 0.2) is 5.76 Å². The third-order valence-corrected chi connectivity index (χ3v) is 5.72. The Balaban J connectivity index is 1.68. The van der Waals surface area contributed by atoms with Crippen LogP contribution in [-0.4, -0.2) is 18.5 Å². The standard InChI is InChI=1S/C24H21NO4S/c1-3-15-9-11-16(12-10-15)18-14-30-23(21(18)24(27)28-4-2)25-22(26)20-13-17-7-5-6-8-19(17)29-20/h5-14H,3-4H2,1-2H3,(H,25,26). The molecule has 4 aromatic rings. The number of fused-ring (bicyclic) bond motifs is 1. The number of amides is 1. The number of carbonyl (C=O) groups excluding carboxylic acids is 2. The van der Waals surface area contributed by atoms with Crippen molar-refractivity contribution in [3.8, 4) is 11.1 Å². The summed E-state index contributed by atoms with van der Waals surface area (Å²) < 4.78 is 10.9. The Labute approximate surface area is 178 Å². The van der Waals surface area contributed by atoms with E-state index in [1.165, 1.54) is 16.9 Å². The molecule has 0 saturated carbocycles. The fourth-order valence-corrected chi connectivity index (χ4v) is 4.20. The number of ether oxygens (including phenoxy) is 1. The van der Waals surface area contributed by atoms with Crippen LogP contribution in [0.15, 0.2) is 64.4 Å². The predicted molar refractivity (Wildman–Crippen MR) is 119 cm³/mol. The molecule has 30 heavy (non-hydrogen) atoms. The number of esters is 1. The van der Waals surface area contributed by atoms with E-state index in [0.29, 0.717) is 16.1 Å². The Morgan fingerprint density at radius 2 is 1.83 bits per heavy atom. The van der Waals surface area contributed by atoms with E-state index in [-0.39, 0.29) is 12.4 Å². The lowest BCUT2D eigenvalue weighted by Crippen LogP contribution is -2.14. The molecule has 0 saturated heterocycles. The number of furan rings is 1. The lowest BCUT2D eigenvalue weighted by atomic mass is 10.0. The predicted octanol–water partition coefficient (Wildman–Crippen LogP) is 6.15. The molecule has 1 amide bonds. The van der Waals surface area contributed by atoms with Crippen LogP contribution in [0.2, 0.25) is 0 Å². The van der Waals surface area contributed by atoms with Crippen LogP contribution >= 0.6 is 11.3 Å². The van der Waals surface area contributed by atoms with Gasteiger partial charge in [-0.15, -0.1) is 11.3 Å². The molecule has 1 N–H and O–H groups in total. The van der Waals surface area contributed by atoms with Crippen molar-refractivity contribution in [1.82, 2.24) is 0 Å². The number of para-hydroxylation sites is 1. The topological polar surface area (TPSA) is 68.5 Å². The number of hydrogen-bond acceptors (Lipinski definition) is 5. The molecule has 0 radical (unpaired) electrons. The van der Waals surface area contributed by atoms with E-state index in [9.17, 15) is 9.59 Å². The van der Waals surface area contributed by atoms with Crippen molar-refractivity contribution in [3.63, 3.8) is 0 Å². The summed E-state index contributed by atoms with van der Waals surface area (Å²) in [6, 6.07) is 17.1. The third-order valence-electron chi connectivity index (χ3n) is 4.82. The molecule has 0 aliphatic heterocycles. The van der Waals surface area contributed by atoms with Crippen LogP contribution in [0, 0.1) is 0 Å². The van der Waals surface area contributed by atoms with Crippen LogP contribution in [0.5, 0.6) is 0 Å². The molecule has 2 heterocycles. The molecule has 6 heteroatoms. The number of aryl methyl sites for hydroxylation is 1. The summed E-state index contributed by atoms with van der Waals surface area (Å²) in [5.41, 5.74) is 3.84. The van der Waals surface area contributed by atoms with Gasteiger partial charge in [-0.25, -0.2) is 4.79 Å². The van der Waals surface area contributed by atoms with Crippen LogP contribution in [0.25, 0.3) is 22.1 Å². The van der Waals surface area contributed by atoms with Gasteiger partial charge < -0.3 is 14.5 Å². The SMILES string of the molecule is CCOC(=O)c1c(-c2ccc(CC)cc2)csc1NC(=O)c1cc2ccccc2o1. The van der Waals surface area contributed by atoms with E-state index in [4.69, 9.17) is 9.15 Å². The van der Waals surface area contributed by atoms with Crippen molar-refractivity contribution in [2.24, 2.45) is 0 Å². The minimum atomic E-state index is -0.465. The zero-order chi connectivity index (χ0) is 21.1. The summed E-state index contributed by atoms with van der Waals surface area (Å²) in [6.07, 6.45) is 0.938. The molecule has 152 valence electrons. The average Bonchev–Trinajstić information content (AvgIpc) is 3.38. The fourth-order valence-electron chi connectivity index (χ4n) is 3.25. The van der Waals surface area contributed by atoms with Gasteiger partial charge in [0.1, 0.15) is 16.1 Å². The summed E-state index contributed by atoms with van der Waals surface area (Å²) in [5.74, 6) is -0.687. The maximum Gasteiger partial charge on any atom is 0.341 e. The van der Waals surface area contributed by atoms with E-state index in [1.807, 2.05) is 47.8 Å². The normalized spacial score (nSPS) is 10.9. The Hall–Kier alpha value is -3.38. The number of nitrogens with one attached hydrogen (secondary N) is 1. The van der Waals surface area contributed by atoms with Crippen molar-refractivity contribution in [2.45, 2.75) is 20.3 Å². The van der Waals surface area contributed by atoms with Gasteiger partial charge >= 0.3 is 5.97 Å². The van der Waals surface area contributed by atoms with E-state index in [1.54, 1.807) is 19.1 Å². The molecule has 0 aliphatic carbocycles. The van der Waals surface area contributed by atoms with Crippen molar-refractivity contribution in [1.29, 1.82) is 0 Å². The highest BCUT2D eigenvalue weighted by atomic mass is 32.1. The number of anilines is 1. The summed E-state index contributed by atoms with van der Waals surface area (Å²) in [4.78, 5) is 25.5. The first kappa shape index (κ1) is 19.9. The molecule has 0 fully saturated rings. The molecule has 4 rings (SSSR count). The van der Waals surface area contributed by atoms with Crippen LogP contribution in [0.1, 0.15) is 40.3 Å². The maximum atomic E-state index is 12.8. The summed E-state index contributed by atoms with van der Waals surface area (Å²) in [7, 11) is 0. The Kier molecular flexibility index (Phi) is 5.68. The second kappa shape index (κ2) is 8.55. The Morgan fingerprint density at radius 3 is 2.53 bits per heavy atom. The molecule has 0 bridgehead atoms. The number of rotatable bonds is 6. The highest BCUT2D eigenvalue weighted by Crippen LogP contribution is 2.37. The first-order valence-corrected chi connectivity index (χ1v) is 10.7. The maximum absolute atomic E-state index is 12.8. The molecule has 5 nitrogen and oxygen atoms in total. The zero-order valence-electron chi connectivity index (χ0n) is 16.7. The van der Waals surface area contributed by atoms with E-state index in [2.05, 4.69) is 12.2 Å². The van der Waals surface area contributed by atoms with Gasteiger partial charge in [-0.2, -0.15) is 0 Å². The van der Waals surface area contributed by atoms with Crippen molar-refractivity contribution >= 4 is 39.2 Å². The van der Waals surface area contributed by atoms with Crippen LogP contribution in [0.3, 0.4) is 0 Å². The average molecular weight is 420 g/mol. The molecule has 2 aromatic carbocycles. The molecule has 0 spiro atoms. The van der Waals surface area contributed by atoms with Crippen LogP contribution in [-0.2, 0) is 11.2 Å². The largest absolute Gasteiger partial charge is 0.462 e. The lowest BCUT2D eigenvalue weighted by Gasteiger charge is -2.08. The second-order valence-electron chi connectivity index (χ2n) is 6.73. The fraction of sp³-hybridized carbons (Fsp3) is 0.167. The summed E-state index contributed by atoms with van der Waals surface area (Å²) in [5, 5.41) is 5.97. The molecule has 0 aliphatic rings. The monoisotopic (exact) mass is 419 g/mol. The molecular formula is C24H21NO4S. The van der Waals surface area contributed by atoms with Gasteiger partial charge in [-0.3, -0.25) is 4.79 Å². The van der Waals surface area contributed by atoms with Gasteiger partial charge in [-0.05, 0) is 36.6 Å². The van der Waals surface area contributed by atoms with Crippen molar-refractivity contribution in [3.05, 3.63) is 76.9 Å². The molecule has 0 unspecified atom stereocenters. The summed E-state index contributed by atoms with van der Waals surface area (Å²) >= 11 is 1.29. The summed E-state index contributed by atoms with van der Waals surface area (Å²) in [6.45, 7) is 4.10.